The normalized spacial score (nSPS) is 25.7. The molecule has 2 amide bonds. The quantitative estimate of drug-likeness (QED) is 0.909. The summed E-state index contributed by atoms with van der Waals surface area (Å²) in [7, 11) is 1.61. The summed E-state index contributed by atoms with van der Waals surface area (Å²) in [6.07, 6.45) is 2.02. The van der Waals surface area contributed by atoms with Crippen molar-refractivity contribution in [1.82, 2.24) is 10.2 Å². The Bertz CT molecular complexity index is 583. The maximum atomic E-state index is 12.7. The van der Waals surface area contributed by atoms with E-state index in [0.29, 0.717) is 6.54 Å². The van der Waals surface area contributed by atoms with E-state index in [0.717, 1.165) is 24.2 Å². The number of methoxy groups -OCH3 is 1. The Balaban J connectivity index is 1.80. The van der Waals surface area contributed by atoms with Crippen LogP contribution in [0, 0.1) is 5.92 Å². The molecule has 5 heteroatoms. The van der Waals surface area contributed by atoms with Crippen molar-refractivity contribution in [3.05, 3.63) is 29.8 Å². The smallest absolute Gasteiger partial charge is 0.249 e. The number of hydrogen-bond acceptors (Lipinski definition) is 3. The van der Waals surface area contributed by atoms with Crippen LogP contribution in [0.5, 0.6) is 5.75 Å². The third-order valence-corrected chi connectivity index (χ3v) is 4.37. The van der Waals surface area contributed by atoms with Crippen LogP contribution >= 0.6 is 0 Å². The molecule has 0 bridgehead atoms. The van der Waals surface area contributed by atoms with E-state index in [4.69, 9.17) is 4.74 Å². The van der Waals surface area contributed by atoms with Gasteiger partial charge in [-0.15, -0.1) is 0 Å². The van der Waals surface area contributed by atoms with E-state index < -0.39 is 5.54 Å². The lowest BCUT2D eigenvalue weighted by Crippen LogP contribution is -2.66. The summed E-state index contributed by atoms with van der Waals surface area (Å²) in [5, 5.41) is 2.89. The zero-order valence-electron chi connectivity index (χ0n) is 12.4. The van der Waals surface area contributed by atoms with E-state index >= 15 is 0 Å². The van der Waals surface area contributed by atoms with E-state index in [1.165, 1.54) is 0 Å². The molecule has 1 heterocycles. The topological polar surface area (TPSA) is 58.6 Å². The van der Waals surface area contributed by atoms with Gasteiger partial charge in [-0.05, 0) is 43.4 Å². The fourth-order valence-electron chi connectivity index (χ4n) is 3.01. The van der Waals surface area contributed by atoms with E-state index in [1.54, 1.807) is 12.0 Å². The molecule has 0 spiro atoms. The Labute approximate surface area is 124 Å². The maximum absolute atomic E-state index is 12.7. The third kappa shape index (κ3) is 2.60. The van der Waals surface area contributed by atoms with Gasteiger partial charge in [-0.25, -0.2) is 0 Å². The summed E-state index contributed by atoms with van der Waals surface area (Å²) < 4.78 is 5.20. The predicted octanol–water partition coefficient (Wildman–Crippen LogP) is 1.32. The van der Waals surface area contributed by atoms with Crippen molar-refractivity contribution in [3.8, 4) is 5.75 Å². The summed E-state index contributed by atoms with van der Waals surface area (Å²) in [4.78, 5) is 26.3. The number of nitrogens with one attached hydrogen (secondary N) is 1. The highest BCUT2D eigenvalue weighted by atomic mass is 16.5. The monoisotopic (exact) mass is 288 g/mol. The molecule has 2 fully saturated rings. The first-order chi connectivity index (χ1) is 10.0. The van der Waals surface area contributed by atoms with Crippen LogP contribution in [0.1, 0.15) is 25.3 Å². The van der Waals surface area contributed by atoms with Crippen LogP contribution in [0.15, 0.2) is 24.3 Å². The molecule has 21 heavy (non-hydrogen) atoms. The van der Waals surface area contributed by atoms with Crippen molar-refractivity contribution < 1.29 is 14.3 Å². The molecule has 1 saturated carbocycles. The Morgan fingerprint density at radius 1 is 1.38 bits per heavy atom. The summed E-state index contributed by atoms with van der Waals surface area (Å²) in [6.45, 7) is 2.41. The van der Waals surface area contributed by atoms with Gasteiger partial charge >= 0.3 is 0 Å². The van der Waals surface area contributed by atoms with Gasteiger partial charge in [0.1, 0.15) is 11.3 Å². The third-order valence-electron chi connectivity index (χ3n) is 4.37. The molecule has 1 N–H and O–H groups in total. The van der Waals surface area contributed by atoms with E-state index in [1.807, 2.05) is 31.2 Å². The standard InChI is InChI=1S/C16H20N2O3/c1-16(12-6-7-12)15(20)18(10-14(19)17-16)9-11-4-3-5-13(8-11)21-2/h3-5,8,12H,6-7,9-10H2,1-2H3,(H,17,19). The molecular formula is C16H20N2O3. The molecule has 3 rings (SSSR count). The van der Waals surface area contributed by atoms with E-state index in [-0.39, 0.29) is 24.3 Å². The summed E-state index contributed by atoms with van der Waals surface area (Å²) in [5.74, 6) is 0.979. The lowest BCUT2D eigenvalue weighted by atomic mass is 9.91. The van der Waals surface area contributed by atoms with Crippen molar-refractivity contribution in [2.24, 2.45) is 5.92 Å². The second-order valence-corrected chi connectivity index (χ2v) is 6.04. The number of amides is 2. The Morgan fingerprint density at radius 2 is 2.14 bits per heavy atom. The molecule has 1 aromatic carbocycles. The van der Waals surface area contributed by atoms with Gasteiger partial charge in [0.05, 0.1) is 13.7 Å². The first-order valence-corrected chi connectivity index (χ1v) is 7.26. The molecule has 1 aliphatic heterocycles. The van der Waals surface area contributed by atoms with Gasteiger partial charge in [-0.1, -0.05) is 12.1 Å². The van der Waals surface area contributed by atoms with Crippen LogP contribution in [0.4, 0.5) is 0 Å². The molecule has 1 aromatic rings. The van der Waals surface area contributed by atoms with Crippen LogP contribution in [-0.4, -0.2) is 35.9 Å². The average molecular weight is 288 g/mol. The van der Waals surface area contributed by atoms with Gasteiger partial charge in [0.25, 0.3) is 0 Å². The molecule has 1 aliphatic carbocycles. The molecule has 1 atom stereocenters. The van der Waals surface area contributed by atoms with Gasteiger partial charge in [0, 0.05) is 6.54 Å². The van der Waals surface area contributed by atoms with Crippen molar-refractivity contribution in [1.29, 1.82) is 0 Å². The van der Waals surface area contributed by atoms with E-state index in [9.17, 15) is 9.59 Å². The largest absolute Gasteiger partial charge is 0.497 e. The van der Waals surface area contributed by atoms with Gasteiger partial charge in [-0.2, -0.15) is 0 Å². The number of benzene rings is 1. The maximum Gasteiger partial charge on any atom is 0.249 e. The molecule has 2 aliphatic rings. The van der Waals surface area contributed by atoms with Crippen LogP contribution in [0.3, 0.4) is 0 Å². The van der Waals surface area contributed by atoms with Crippen molar-refractivity contribution in [2.45, 2.75) is 31.8 Å². The van der Waals surface area contributed by atoms with Gasteiger partial charge in [0.2, 0.25) is 11.8 Å². The second-order valence-electron chi connectivity index (χ2n) is 6.04. The first kappa shape index (κ1) is 13.9. The Morgan fingerprint density at radius 3 is 2.81 bits per heavy atom. The van der Waals surface area contributed by atoms with Crippen LogP contribution in [0.25, 0.3) is 0 Å². The van der Waals surface area contributed by atoms with Crippen molar-refractivity contribution in [3.63, 3.8) is 0 Å². The van der Waals surface area contributed by atoms with Crippen LogP contribution < -0.4 is 10.1 Å². The lowest BCUT2D eigenvalue weighted by Gasteiger charge is -2.40. The Hall–Kier alpha value is -2.04. The predicted molar refractivity (Wildman–Crippen MR) is 77.7 cm³/mol. The van der Waals surface area contributed by atoms with Gasteiger partial charge in [-0.3, -0.25) is 9.59 Å². The summed E-state index contributed by atoms with van der Waals surface area (Å²) >= 11 is 0. The second kappa shape index (κ2) is 5.06. The molecule has 0 aromatic heterocycles. The first-order valence-electron chi connectivity index (χ1n) is 7.26. The zero-order chi connectivity index (χ0) is 15.0. The van der Waals surface area contributed by atoms with E-state index in [2.05, 4.69) is 5.32 Å². The summed E-state index contributed by atoms with van der Waals surface area (Å²) in [5.41, 5.74) is 0.240. The minimum Gasteiger partial charge on any atom is -0.497 e. The van der Waals surface area contributed by atoms with Gasteiger partial charge < -0.3 is 15.0 Å². The fourth-order valence-corrected chi connectivity index (χ4v) is 3.01. The molecular weight excluding hydrogens is 268 g/mol. The van der Waals surface area contributed by atoms with Crippen LogP contribution in [-0.2, 0) is 16.1 Å². The molecule has 1 unspecified atom stereocenters. The number of carbonyl (C=O) groups is 2. The molecule has 112 valence electrons. The number of piperazine rings is 1. The lowest BCUT2D eigenvalue weighted by molar-refractivity contribution is -0.150. The minimum absolute atomic E-state index is 0.0208. The highest BCUT2D eigenvalue weighted by Gasteiger charge is 2.52. The minimum atomic E-state index is -0.728. The fraction of sp³-hybridized carbons (Fsp3) is 0.500. The molecule has 1 saturated heterocycles. The highest BCUT2D eigenvalue weighted by molar-refractivity contribution is 5.98. The SMILES string of the molecule is COc1cccc(CN2CC(=O)NC(C)(C3CC3)C2=O)c1. The highest BCUT2D eigenvalue weighted by Crippen LogP contribution is 2.41. The average Bonchev–Trinajstić information content (AvgIpc) is 3.29. The zero-order valence-corrected chi connectivity index (χ0v) is 12.4. The number of ether oxygens (including phenoxy) is 1. The van der Waals surface area contributed by atoms with Crippen LogP contribution in [0.2, 0.25) is 0 Å². The number of hydrogen-bond donors (Lipinski definition) is 1. The number of rotatable bonds is 4. The number of carbonyl (C=O) groups excluding carboxylic acids is 2. The van der Waals surface area contributed by atoms with Crippen molar-refractivity contribution in [2.75, 3.05) is 13.7 Å². The summed E-state index contributed by atoms with van der Waals surface area (Å²) in [6, 6.07) is 7.59. The van der Waals surface area contributed by atoms with Gasteiger partial charge in [0.15, 0.2) is 0 Å². The van der Waals surface area contributed by atoms with Crippen molar-refractivity contribution >= 4 is 11.8 Å². The molecule has 0 radical (unpaired) electrons. The Kier molecular flexibility index (Phi) is 3.35. The number of nitrogens with zero attached hydrogens (tertiary/aromatic N) is 1. The molecule has 5 nitrogen and oxygen atoms in total.